The minimum atomic E-state index is -0.861. The molecule has 1 N–H and O–H groups in total. The average molecular weight is 410 g/mol. The molecule has 0 aromatic rings. The van der Waals surface area contributed by atoms with Crippen LogP contribution in [0.1, 0.15) is 47.0 Å². The van der Waals surface area contributed by atoms with E-state index in [0.29, 0.717) is 12.8 Å². The molecule has 0 aliphatic carbocycles. The Morgan fingerprint density at radius 2 is 1.97 bits per heavy atom. The van der Waals surface area contributed by atoms with Gasteiger partial charge in [-0.25, -0.2) is 9.79 Å². The molecule has 2 aliphatic heterocycles. The zero-order valence-corrected chi connectivity index (χ0v) is 17.6. The molecule has 0 radical (unpaired) electrons. The molecular weight excluding hydrogens is 380 g/mol. The van der Waals surface area contributed by atoms with Crippen LogP contribution in [-0.2, 0) is 23.9 Å². The number of amides is 4. The van der Waals surface area contributed by atoms with Gasteiger partial charge in [0.05, 0.1) is 6.61 Å². The van der Waals surface area contributed by atoms with Gasteiger partial charge in [-0.1, -0.05) is 0 Å². The second-order valence-electron chi connectivity index (χ2n) is 8.28. The molecule has 0 bridgehead atoms. The standard InChI is InChI=1S/C19H30N4O6/c1-11(22(6)18(27)29-19(2,3)4)15(24)21-12-9-10-28-14-8-7-13(16(25)20-5)23(14)17(12)26/h11-14H,5,7-10H2,1-4,6H3,(H,21,24)/t11-,12-,13-,14-/m0/s1. The van der Waals surface area contributed by atoms with E-state index in [0.717, 1.165) is 0 Å². The molecule has 29 heavy (non-hydrogen) atoms. The second-order valence-corrected chi connectivity index (χ2v) is 8.28. The molecule has 4 atom stereocenters. The van der Waals surface area contributed by atoms with Gasteiger partial charge in [0.15, 0.2) is 0 Å². The molecule has 162 valence electrons. The van der Waals surface area contributed by atoms with Gasteiger partial charge in [0.1, 0.15) is 30.0 Å². The number of hydrogen-bond donors (Lipinski definition) is 1. The number of nitrogens with zero attached hydrogens (tertiary/aromatic N) is 3. The molecule has 10 heteroatoms. The Balaban J connectivity index is 2.07. The monoisotopic (exact) mass is 410 g/mol. The van der Waals surface area contributed by atoms with E-state index in [4.69, 9.17) is 9.47 Å². The topological polar surface area (TPSA) is 118 Å². The number of carbonyl (C=O) groups is 4. The van der Waals surface area contributed by atoms with Crippen LogP contribution in [-0.4, -0.2) is 83.9 Å². The van der Waals surface area contributed by atoms with E-state index in [1.165, 1.54) is 16.8 Å². The van der Waals surface area contributed by atoms with E-state index >= 15 is 0 Å². The fraction of sp³-hybridized carbons (Fsp3) is 0.737. The fourth-order valence-electron chi connectivity index (χ4n) is 3.31. The first-order valence-electron chi connectivity index (χ1n) is 9.66. The Labute approximate surface area is 170 Å². The van der Waals surface area contributed by atoms with Crippen LogP contribution in [0.5, 0.6) is 0 Å². The van der Waals surface area contributed by atoms with Crippen molar-refractivity contribution in [1.29, 1.82) is 0 Å². The van der Waals surface area contributed by atoms with Crippen LogP contribution in [0.25, 0.3) is 0 Å². The van der Waals surface area contributed by atoms with Crippen LogP contribution in [0.4, 0.5) is 4.79 Å². The smallest absolute Gasteiger partial charge is 0.410 e. The Morgan fingerprint density at radius 1 is 1.31 bits per heavy atom. The van der Waals surface area contributed by atoms with Crippen molar-refractivity contribution >= 4 is 30.5 Å². The highest BCUT2D eigenvalue weighted by Crippen LogP contribution is 2.29. The van der Waals surface area contributed by atoms with Gasteiger partial charge in [-0.3, -0.25) is 19.3 Å². The third kappa shape index (κ3) is 5.31. The van der Waals surface area contributed by atoms with Gasteiger partial charge >= 0.3 is 6.09 Å². The minimum absolute atomic E-state index is 0.260. The fourth-order valence-corrected chi connectivity index (χ4v) is 3.31. The van der Waals surface area contributed by atoms with Crippen molar-refractivity contribution in [2.24, 2.45) is 4.99 Å². The van der Waals surface area contributed by atoms with Gasteiger partial charge in [0, 0.05) is 13.5 Å². The van der Waals surface area contributed by atoms with Gasteiger partial charge in [-0.05, 0) is 47.3 Å². The maximum absolute atomic E-state index is 13.0. The third-order valence-electron chi connectivity index (χ3n) is 5.00. The highest BCUT2D eigenvalue weighted by Gasteiger charge is 2.45. The molecule has 0 saturated carbocycles. The first-order valence-corrected chi connectivity index (χ1v) is 9.66. The first kappa shape index (κ1) is 22.8. The summed E-state index contributed by atoms with van der Waals surface area (Å²) in [7, 11) is 1.46. The van der Waals surface area contributed by atoms with Crippen molar-refractivity contribution in [3.05, 3.63) is 0 Å². The predicted molar refractivity (Wildman–Crippen MR) is 104 cm³/mol. The Bertz CT molecular complexity index is 689. The Hall–Kier alpha value is -2.49. The molecule has 0 aromatic heterocycles. The van der Waals surface area contributed by atoms with Gasteiger partial charge in [0.2, 0.25) is 11.8 Å². The summed E-state index contributed by atoms with van der Waals surface area (Å²) in [6, 6.07) is -2.45. The SMILES string of the molecule is C=NC(=O)[C@@H]1CC[C@@H]2OCC[C@H](NC(=O)[C@H](C)N(C)C(=O)OC(C)(C)C)C(=O)N21. The molecule has 2 saturated heterocycles. The second kappa shape index (κ2) is 8.89. The number of rotatable bonds is 4. The lowest BCUT2D eigenvalue weighted by Gasteiger charge is -2.30. The summed E-state index contributed by atoms with van der Waals surface area (Å²) in [6.45, 7) is 10.2. The van der Waals surface area contributed by atoms with Crippen LogP contribution < -0.4 is 5.32 Å². The van der Waals surface area contributed by atoms with Crippen LogP contribution >= 0.6 is 0 Å². The number of ether oxygens (including phenoxy) is 2. The van der Waals surface area contributed by atoms with Crippen molar-refractivity contribution in [2.75, 3.05) is 13.7 Å². The van der Waals surface area contributed by atoms with Crippen LogP contribution in [0, 0.1) is 0 Å². The van der Waals surface area contributed by atoms with Crippen LogP contribution in [0.15, 0.2) is 4.99 Å². The molecule has 2 fully saturated rings. The maximum atomic E-state index is 13.0. The lowest BCUT2D eigenvalue weighted by molar-refractivity contribution is -0.148. The third-order valence-corrected chi connectivity index (χ3v) is 5.00. The summed E-state index contributed by atoms with van der Waals surface area (Å²) in [5.74, 6) is -1.39. The first-order chi connectivity index (χ1) is 13.5. The van der Waals surface area contributed by atoms with E-state index in [9.17, 15) is 19.2 Å². The molecule has 0 spiro atoms. The quantitative estimate of drug-likeness (QED) is 0.682. The highest BCUT2D eigenvalue weighted by molar-refractivity contribution is 5.95. The van der Waals surface area contributed by atoms with Crippen LogP contribution in [0.2, 0.25) is 0 Å². The number of nitrogens with one attached hydrogen (secondary N) is 1. The zero-order valence-electron chi connectivity index (χ0n) is 17.6. The van der Waals surface area contributed by atoms with Crippen molar-refractivity contribution < 1.29 is 28.7 Å². The minimum Gasteiger partial charge on any atom is -0.444 e. The molecule has 2 aliphatic rings. The van der Waals surface area contributed by atoms with Crippen molar-refractivity contribution in [3.8, 4) is 0 Å². The summed E-state index contributed by atoms with van der Waals surface area (Å²) in [5, 5.41) is 2.68. The normalized spacial score (nSPS) is 25.5. The van der Waals surface area contributed by atoms with Crippen molar-refractivity contribution in [3.63, 3.8) is 0 Å². The molecular formula is C19H30N4O6. The largest absolute Gasteiger partial charge is 0.444 e. The molecule has 10 nitrogen and oxygen atoms in total. The van der Waals surface area contributed by atoms with Gasteiger partial charge in [-0.15, -0.1) is 0 Å². The summed E-state index contributed by atoms with van der Waals surface area (Å²) in [5.41, 5.74) is -0.693. The molecule has 0 unspecified atom stereocenters. The Morgan fingerprint density at radius 3 is 2.55 bits per heavy atom. The average Bonchev–Trinajstić information content (AvgIpc) is 3.00. The lowest BCUT2D eigenvalue weighted by atomic mass is 10.1. The van der Waals surface area contributed by atoms with E-state index < -0.39 is 53.8 Å². The summed E-state index contributed by atoms with van der Waals surface area (Å²) < 4.78 is 11.0. The van der Waals surface area contributed by atoms with Gasteiger partial charge in [-0.2, -0.15) is 0 Å². The van der Waals surface area contributed by atoms with Gasteiger partial charge < -0.3 is 19.7 Å². The van der Waals surface area contributed by atoms with Crippen LogP contribution in [0.3, 0.4) is 0 Å². The van der Waals surface area contributed by atoms with E-state index in [2.05, 4.69) is 17.0 Å². The van der Waals surface area contributed by atoms with E-state index in [1.807, 2.05) is 0 Å². The maximum Gasteiger partial charge on any atom is 0.410 e. The molecule has 0 aromatic carbocycles. The van der Waals surface area contributed by atoms with Crippen molar-refractivity contribution in [1.82, 2.24) is 15.1 Å². The number of hydrogen-bond acceptors (Lipinski definition) is 6. The molecule has 4 amide bonds. The lowest BCUT2D eigenvalue weighted by Crippen LogP contribution is -2.56. The van der Waals surface area contributed by atoms with E-state index in [1.54, 1.807) is 27.7 Å². The number of carbonyl (C=O) groups excluding carboxylic acids is 4. The molecule has 2 heterocycles. The van der Waals surface area contributed by atoms with Crippen molar-refractivity contribution in [2.45, 2.75) is 76.9 Å². The van der Waals surface area contributed by atoms with Gasteiger partial charge in [0.25, 0.3) is 5.91 Å². The highest BCUT2D eigenvalue weighted by atomic mass is 16.6. The number of likely N-dealkylation sites (N-methyl/N-ethyl adjacent to an activating group) is 1. The summed E-state index contributed by atoms with van der Waals surface area (Å²) >= 11 is 0. The number of aliphatic imine (C=N–C) groups is 1. The molecule has 2 rings (SSSR count). The zero-order chi connectivity index (χ0) is 21.9. The summed E-state index contributed by atoms with van der Waals surface area (Å²) in [6.07, 6.45) is 0.0751. The summed E-state index contributed by atoms with van der Waals surface area (Å²) in [4.78, 5) is 55.9. The Kier molecular flexibility index (Phi) is 6.99. The van der Waals surface area contributed by atoms with E-state index in [-0.39, 0.29) is 13.0 Å². The predicted octanol–water partition coefficient (Wildman–Crippen LogP) is 0.691. The number of fused-ring (bicyclic) bond motifs is 1.